The SMILES string of the molecule is Br.CCCO.O=C(O)C1(O)c2ccccc2Oc2ccccc21. The Morgan fingerprint density at radius 1 is 1.04 bits per heavy atom. The zero-order chi connectivity index (χ0) is 16.2. The number of benzene rings is 2. The number of aliphatic hydroxyl groups excluding tert-OH is 1. The van der Waals surface area contributed by atoms with Crippen molar-refractivity contribution in [1.82, 2.24) is 0 Å². The molecule has 3 N–H and O–H groups in total. The van der Waals surface area contributed by atoms with Crippen molar-refractivity contribution in [2.45, 2.75) is 18.9 Å². The molecule has 1 aliphatic heterocycles. The number of hydrogen-bond donors (Lipinski definition) is 3. The zero-order valence-electron chi connectivity index (χ0n) is 12.6. The molecular weight excluding hydrogens is 364 g/mol. The second-order valence-electron chi connectivity index (χ2n) is 4.83. The van der Waals surface area contributed by atoms with Gasteiger partial charge >= 0.3 is 5.97 Å². The van der Waals surface area contributed by atoms with Crippen LogP contribution in [0.2, 0.25) is 0 Å². The van der Waals surface area contributed by atoms with E-state index in [0.29, 0.717) is 18.1 Å². The molecule has 0 bridgehead atoms. The summed E-state index contributed by atoms with van der Waals surface area (Å²) < 4.78 is 5.60. The molecule has 0 radical (unpaired) electrons. The number of ether oxygens (including phenoxy) is 1. The predicted octanol–water partition coefficient (Wildman–Crippen LogP) is 3.08. The molecule has 2 aromatic rings. The first kappa shape index (κ1) is 19.2. The van der Waals surface area contributed by atoms with Crippen LogP contribution in [0.1, 0.15) is 24.5 Å². The van der Waals surface area contributed by atoms with Gasteiger partial charge in [-0.15, -0.1) is 17.0 Å². The minimum atomic E-state index is -2.06. The summed E-state index contributed by atoms with van der Waals surface area (Å²) in [7, 11) is 0. The van der Waals surface area contributed by atoms with Crippen LogP contribution in [-0.4, -0.2) is 27.9 Å². The van der Waals surface area contributed by atoms with Gasteiger partial charge in [-0.05, 0) is 18.6 Å². The molecule has 0 unspecified atom stereocenters. The third-order valence-corrected chi connectivity index (χ3v) is 3.31. The van der Waals surface area contributed by atoms with Crippen molar-refractivity contribution in [2.24, 2.45) is 0 Å². The fraction of sp³-hybridized carbons (Fsp3) is 0.235. The molecule has 5 nitrogen and oxygen atoms in total. The Kier molecular flexibility index (Phi) is 6.75. The van der Waals surface area contributed by atoms with Gasteiger partial charge in [0.25, 0.3) is 0 Å². The molecule has 3 rings (SSSR count). The molecule has 0 saturated carbocycles. The van der Waals surface area contributed by atoms with E-state index < -0.39 is 11.6 Å². The van der Waals surface area contributed by atoms with Crippen molar-refractivity contribution in [2.75, 3.05) is 6.61 Å². The van der Waals surface area contributed by atoms with E-state index >= 15 is 0 Å². The topological polar surface area (TPSA) is 87.0 Å². The van der Waals surface area contributed by atoms with Crippen molar-refractivity contribution < 1.29 is 24.9 Å². The van der Waals surface area contributed by atoms with Crippen LogP contribution in [0.3, 0.4) is 0 Å². The van der Waals surface area contributed by atoms with Gasteiger partial charge in [0.05, 0.1) is 0 Å². The third kappa shape index (κ3) is 3.55. The van der Waals surface area contributed by atoms with Crippen molar-refractivity contribution in [3.05, 3.63) is 59.7 Å². The molecule has 2 aromatic carbocycles. The van der Waals surface area contributed by atoms with Gasteiger partial charge in [-0.2, -0.15) is 0 Å². The van der Waals surface area contributed by atoms with E-state index in [0.717, 1.165) is 6.42 Å². The summed E-state index contributed by atoms with van der Waals surface area (Å²) in [6.45, 7) is 2.25. The Bertz CT molecular complexity index is 624. The molecule has 0 saturated heterocycles. The lowest BCUT2D eigenvalue weighted by molar-refractivity contribution is -0.155. The molecule has 0 aliphatic carbocycles. The minimum absolute atomic E-state index is 0. The van der Waals surface area contributed by atoms with Crippen molar-refractivity contribution in [1.29, 1.82) is 0 Å². The molecule has 0 atom stereocenters. The number of carboxylic acid groups (broad SMARTS) is 1. The Morgan fingerprint density at radius 3 is 1.78 bits per heavy atom. The fourth-order valence-corrected chi connectivity index (χ4v) is 2.20. The van der Waals surface area contributed by atoms with Crippen LogP contribution >= 0.6 is 17.0 Å². The zero-order valence-corrected chi connectivity index (χ0v) is 14.3. The van der Waals surface area contributed by atoms with Crippen LogP contribution < -0.4 is 4.74 Å². The molecule has 1 heterocycles. The molecule has 1 aliphatic rings. The van der Waals surface area contributed by atoms with E-state index in [-0.39, 0.29) is 28.1 Å². The number of para-hydroxylation sites is 2. The van der Waals surface area contributed by atoms with Crippen molar-refractivity contribution >= 4 is 23.0 Å². The summed E-state index contributed by atoms with van der Waals surface area (Å²) in [4.78, 5) is 11.5. The number of halogens is 1. The Hall–Kier alpha value is -1.89. The first-order chi connectivity index (χ1) is 10.6. The van der Waals surface area contributed by atoms with Crippen molar-refractivity contribution in [3.8, 4) is 11.5 Å². The van der Waals surface area contributed by atoms with E-state index in [2.05, 4.69) is 0 Å². The first-order valence-electron chi connectivity index (χ1n) is 6.99. The Morgan fingerprint density at radius 2 is 1.43 bits per heavy atom. The number of aliphatic hydroxyl groups is 2. The standard InChI is InChI=1S/C14H10O4.C3H8O.BrH/c15-13(16)14(17)9-5-1-3-7-11(9)18-12-8-4-2-6-10(12)14;1-2-3-4;/h1-8,17H,(H,15,16);4H,2-3H2,1H3;1H. The van der Waals surface area contributed by atoms with Crippen molar-refractivity contribution in [3.63, 3.8) is 0 Å². The highest BCUT2D eigenvalue weighted by Crippen LogP contribution is 2.46. The Labute approximate surface area is 144 Å². The highest BCUT2D eigenvalue weighted by molar-refractivity contribution is 8.93. The normalized spacial score (nSPS) is 13.2. The summed E-state index contributed by atoms with van der Waals surface area (Å²) in [6, 6.07) is 13.2. The predicted molar refractivity (Wildman–Crippen MR) is 91.3 cm³/mol. The third-order valence-electron chi connectivity index (χ3n) is 3.31. The lowest BCUT2D eigenvalue weighted by atomic mass is 9.83. The summed E-state index contributed by atoms with van der Waals surface area (Å²) in [5.41, 5.74) is -1.57. The van der Waals surface area contributed by atoms with Crippen LogP contribution in [0.25, 0.3) is 0 Å². The fourth-order valence-electron chi connectivity index (χ4n) is 2.20. The van der Waals surface area contributed by atoms with Crippen LogP contribution in [0.5, 0.6) is 11.5 Å². The smallest absolute Gasteiger partial charge is 0.345 e. The first-order valence-corrected chi connectivity index (χ1v) is 6.99. The number of fused-ring (bicyclic) bond motifs is 2. The average Bonchev–Trinajstić information content (AvgIpc) is 2.55. The van der Waals surface area contributed by atoms with E-state index in [1.807, 2.05) is 6.92 Å². The Balaban J connectivity index is 0.000000478. The maximum absolute atomic E-state index is 11.5. The van der Waals surface area contributed by atoms with E-state index in [1.54, 1.807) is 48.5 Å². The van der Waals surface area contributed by atoms with Gasteiger partial charge in [-0.1, -0.05) is 43.3 Å². The van der Waals surface area contributed by atoms with Crippen LogP contribution in [0, 0.1) is 0 Å². The quantitative estimate of drug-likeness (QED) is 0.742. The van der Waals surface area contributed by atoms with Crippen LogP contribution in [0.4, 0.5) is 0 Å². The van der Waals surface area contributed by atoms with Gasteiger partial charge in [0.1, 0.15) is 11.5 Å². The van der Waals surface area contributed by atoms with E-state index in [4.69, 9.17) is 9.84 Å². The highest BCUT2D eigenvalue weighted by atomic mass is 79.9. The summed E-state index contributed by atoms with van der Waals surface area (Å²) in [6.07, 6.45) is 0.875. The van der Waals surface area contributed by atoms with Crippen LogP contribution in [-0.2, 0) is 10.4 Å². The largest absolute Gasteiger partial charge is 0.479 e. The lowest BCUT2D eigenvalue weighted by Gasteiger charge is -2.32. The van der Waals surface area contributed by atoms with Gasteiger partial charge in [-0.3, -0.25) is 0 Å². The summed E-state index contributed by atoms with van der Waals surface area (Å²) >= 11 is 0. The molecule has 0 aromatic heterocycles. The van der Waals surface area contributed by atoms with E-state index in [9.17, 15) is 15.0 Å². The molecule has 6 heteroatoms. The maximum Gasteiger partial charge on any atom is 0.345 e. The second-order valence-corrected chi connectivity index (χ2v) is 4.83. The number of carboxylic acids is 1. The molecule has 124 valence electrons. The van der Waals surface area contributed by atoms with Gasteiger partial charge in [0, 0.05) is 17.7 Å². The second kappa shape index (κ2) is 8.10. The van der Waals surface area contributed by atoms with Gasteiger partial charge in [-0.25, -0.2) is 4.79 Å². The van der Waals surface area contributed by atoms with Gasteiger partial charge in [0.15, 0.2) is 0 Å². The average molecular weight is 383 g/mol. The monoisotopic (exact) mass is 382 g/mol. The van der Waals surface area contributed by atoms with Crippen LogP contribution in [0.15, 0.2) is 48.5 Å². The number of hydrogen-bond acceptors (Lipinski definition) is 4. The maximum atomic E-state index is 11.5. The highest BCUT2D eigenvalue weighted by Gasteiger charge is 2.47. The number of aliphatic carboxylic acids is 1. The van der Waals surface area contributed by atoms with Gasteiger partial charge < -0.3 is 20.1 Å². The molecule has 0 amide bonds. The minimum Gasteiger partial charge on any atom is -0.479 e. The molecule has 0 spiro atoms. The lowest BCUT2D eigenvalue weighted by Crippen LogP contribution is -2.39. The molecular formula is C17H19BrO5. The molecule has 23 heavy (non-hydrogen) atoms. The summed E-state index contributed by atoms with van der Waals surface area (Å²) in [5.74, 6) is -0.590. The number of rotatable bonds is 2. The molecule has 0 fully saturated rings. The number of carbonyl (C=O) groups is 1. The van der Waals surface area contributed by atoms with Gasteiger partial charge in [0.2, 0.25) is 5.60 Å². The summed E-state index contributed by atoms with van der Waals surface area (Å²) in [5, 5.41) is 27.8. The van der Waals surface area contributed by atoms with E-state index in [1.165, 1.54) is 0 Å².